The maximum absolute atomic E-state index is 12.7. The van der Waals surface area contributed by atoms with E-state index in [1.807, 2.05) is 13.8 Å². The summed E-state index contributed by atoms with van der Waals surface area (Å²) in [6.45, 7) is 3.77. The standard InChI is InChI=1S/C19H23N3O4S/c1-4-13(2)20-18(23)14-9-5-7-11-16(14)21-19(24)15-10-6-8-12-17(15)22-27(3,25)26/h5-13,22H,4H2,1-3H3,(H,20,23)(H,21,24)/p-1/t13-/m0/s1. The zero-order valence-corrected chi connectivity index (χ0v) is 16.2. The summed E-state index contributed by atoms with van der Waals surface area (Å²) in [5, 5.41) is 15.1. The van der Waals surface area contributed by atoms with E-state index in [1.165, 1.54) is 12.1 Å². The Morgan fingerprint density at radius 1 is 1.07 bits per heavy atom. The van der Waals surface area contributed by atoms with Crippen molar-refractivity contribution in [2.75, 3.05) is 16.3 Å². The summed E-state index contributed by atoms with van der Waals surface area (Å²) in [5.41, 5.74) is 0.892. The van der Waals surface area contributed by atoms with Gasteiger partial charge in [-0.15, -0.1) is 0 Å². The lowest BCUT2D eigenvalue weighted by Gasteiger charge is -2.18. The van der Waals surface area contributed by atoms with Gasteiger partial charge in [-0.3, -0.25) is 14.5 Å². The Balaban J connectivity index is 2.34. The average Bonchev–Trinajstić information content (AvgIpc) is 2.61. The van der Waals surface area contributed by atoms with Gasteiger partial charge in [-0.25, -0.2) is 8.42 Å². The van der Waals surface area contributed by atoms with E-state index in [9.17, 15) is 18.3 Å². The van der Waals surface area contributed by atoms with Crippen molar-refractivity contribution in [2.45, 2.75) is 26.3 Å². The lowest BCUT2D eigenvalue weighted by molar-refractivity contribution is -0.213. The molecule has 1 atom stereocenters. The minimum Gasteiger partial charge on any atom is -0.858 e. The van der Waals surface area contributed by atoms with Gasteiger partial charge in [0.25, 0.3) is 5.91 Å². The van der Waals surface area contributed by atoms with Gasteiger partial charge in [-0.1, -0.05) is 37.3 Å². The molecule has 0 saturated carbocycles. The predicted molar refractivity (Wildman–Crippen MR) is 106 cm³/mol. The van der Waals surface area contributed by atoms with Gasteiger partial charge < -0.3 is 10.4 Å². The maximum atomic E-state index is 12.7. The first-order valence-corrected chi connectivity index (χ1v) is 10.3. The molecule has 8 heteroatoms. The molecule has 0 unspecified atom stereocenters. The number of carbonyl (C=O) groups is 1. The minimum atomic E-state index is -3.54. The van der Waals surface area contributed by atoms with Gasteiger partial charge in [-0.2, -0.15) is 0 Å². The number of amides is 1. The molecular weight excluding hydrogens is 366 g/mol. The van der Waals surface area contributed by atoms with Crippen LogP contribution >= 0.6 is 0 Å². The number of nitrogens with zero attached hydrogens (tertiary/aromatic N) is 1. The first-order chi connectivity index (χ1) is 12.7. The molecule has 1 amide bonds. The number of para-hydroxylation sites is 2. The smallest absolute Gasteiger partial charge is 0.257 e. The number of anilines is 2. The lowest BCUT2D eigenvalue weighted by atomic mass is 10.1. The van der Waals surface area contributed by atoms with Crippen LogP contribution in [0.4, 0.5) is 11.4 Å². The number of benzene rings is 2. The number of carbonyl (C=O) groups excluding carboxylic acids is 1. The zero-order chi connectivity index (χ0) is 20.0. The molecule has 0 radical (unpaired) electrons. The number of hydrogen-bond acceptors (Lipinski definition) is 5. The summed E-state index contributed by atoms with van der Waals surface area (Å²) >= 11 is 0. The number of nitrogens with one attached hydrogen (secondary N) is 2. The van der Waals surface area contributed by atoms with Gasteiger partial charge in [0.15, 0.2) is 0 Å². The summed E-state index contributed by atoms with van der Waals surface area (Å²) in [5.74, 6) is -0.951. The molecule has 0 aromatic heterocycles. The molecule has 2 aromatic carbocycles. The normalized spacial score (nSPS) is 13.1. The molecule has 2 aromatic rings. The summed E-state index contributed by atoms with van der Waals surface area (Å²) in [6, 6.07) is 12.7. The average molecular weight is 388 g/mol. The fraction of sp³-hybridized carbons (Fsp3) is 0.263. The van der Waals surface area contributed by atoms with Crippen molar-refractivity contribution in [1.82, 2.24) is 0 Å². The molecular formula is C19H22N3O4S-. The number of sulfonamides is 1. The van der Waals surface area contributed by atoms with Crippen molar-refractivity contribution in [3.8, 4) is 0 Å². The zero-order valence-electron chi connectivity index (χ0n) is 15.4. The third-order valence-electron chi connectivity index (χ3n) is 3.80. The summed E-state index contributed by atoms with van der Waals surface area (Å²) in [6.07, 6.45) is 1.73. The van der Waals surface area contributed by atoms with E-state index in [4.69, 9.17) is 0 Å². The van der Waals surface area contributed by atoms with Crippen molar-refractivity contribution < 1.29 is 18.3 Å². The van der Waals surface area contributed by atoms with Gasteiger partial charge in [0.1, 0.15) is 0 Å². The Bertz CT molecular complexity index is 955. The van der Waals surface area contributed by atoms with Gasteiger partial charge in [0, 0.05) is 17.3 Å². The molecule has 144 valence electrons. The third kappa shape index (κ3) is 5.82. The third-order valence-corrected chi connectivity index (χ3v) is 4.39. The molecule has 0 heterocycles. The molecule has 7 nitrogen and oxygen atoms in total. The van der Waals surface area contributed by atoms with Gasteiger partial charge in [-0.05, 0) is 37.4 Å². The van der Waals surface area contributed by atoms with E-state index in [0.717, 1.165) is 12.7 Å². The largest absolute Gasteiger partial charge is 0.858 e. The monoisotopic (exact) mass is 388 g/mol. The molecule has 27 heavy (non-hydrogen) atoms. The number of aliphatic imine (C=N–C) groups is 1. The second-order valence-corrected chi connectivity index (χ2v) is 7.86. The van der Waals surface area contributed by atoms with Crippen molar-refractivity contribution in [3.63, 3.8) is 0 Å². The van der Waals surface area contributed by atoms with E-state index in [-0.39, 0.29) is 22.9 Å². The molecule has 0 fully saturated rings. The summed E-state index contributed by atoms with van der Waals surface area (Å²) in [4.78, 5) is 16.8. The second-order valence-electron chi connectivity index (χ2n) is 6.11. The highest BCUT2D eigenvalue weighted by Crippen LogP contribution is 2.21. The quantitative estimate of drug-likeness (QED) is 0.559. The highest BCUT2D eigenvalue weighted by atomic mass is 32.2. The highest BCUT2D eigenvalue weighted by molar-refractivity contribution is 7.92. The van der Waals surface area contributed by atoms with Gasteiger partial charge in [0.2, 0.25) is 10.0 Å². The Morgan fingerprint density at radius 3 is 2.22 bits per heavy atom. The van der Waals surface area contributed by atoms with E-state index in [1.54, 1.807) is 36.4 Å². The van der Waals surface area contributed by atoms with Gasteiger partial charge >= 0.3 is 0 Å². The van der Waals surface area contributed by atoms with E-state index >= 15 is 0 Å². The van der Waals surface area contributed by atoms with Crippen molar-refractivity contribution in [2.24, 2.45) is 4.99 Å². The Hall–Kier alpha value is -2.87. The lowest BCUT2D eigenvalue weighted by Crippen LogP contribution is -2.24. The van der Waals surface area contributed by atoms with Crippen LogP contribution in [0, 0.1) is 0 Å². The molecule has 2 rings (SSSR count). The van der Waals surface area contributed by atoms with Crippen LogP contribution in [0.15, 0.2) is 53.5 Å². The van der Waals surface area contributed by atoms with Crippen LogP contribution in [0.5, 0.6) is 0 Å². The summed E-state index contributed by atoms with van der Waals surface area (Å²) in [7, 11) is -3.54. The van der Waals surface area contributed by atoms with Gasteiger partial charge in [0.05, 0.1) is 17.5 Å². The molecule has 2 N–H and O–H groups in total. The summed E-state index contributed by atoms with van der Waals surface area (Å²) < 4.78 is 25.3. The Labute approximate surface area is 159 Å². The number of rotatable bonds is 7. The van der Waals surface area contributed by atoms with Crippen LogP contribution in [0.3, 0.4) is 0 Å². The highest BCUT2D eigenvalue weighted by Gasteiger charge is 2.15. The Kier molecular flexibility index (Phi) is 6.57. The first-order valence-electron chi connectivity index (χ1n) is 8.43. The SMILES string of the molecule is CC[C@H](C)N=C([O-])c1ccccc1NC(=O)c1ccccc1NS(C)(=O)=O. The van der Waals surface area contributed by atoms with Crippen LogP contribution in [0.1, 0.15) is 36.2 Å². The first kappa shape index (κ1) is 20.4. The minimum absolute atomic E-state index is 0.124. The fourth-order valence-electron chi connectivity index (χ4n) is 2.30. The predicted octanol–water partition coefficient (Wildman–Crippen LogP) is 2.22. The maximum Gasteiger partial charge on any atom is 0.257 e. The molecule has 0 saturated heterocycles. The van der Waals surface area contributed by atoms with Crippen LogP contribution in [0.2, 0.25) is 0 Å². The van der Waals surface area contributed by atoms with Crippen LogP contribution in [-0.2, 0) is 10.0 Å². The van der Waals surface area contributed by atoms with Crippen molar-refractivity contribution >= 4 is 33.2 Å². The van der Waals surface area contributed by atoms with E-state index in [2.05, 4.69) is 15.0 Å². The van der Waals surface area contributed by atoms with Crippen LogP contribution < -0.4 is 15.1 Å². The Morgan fingerprint density at radius 2 is 1.63 bits per heavy atom. The molecule has 0 aliphatic rings. The van der Waals surface area contributed by atoms with E-state index in [0.29, 0.717) is 5.69 Å². The second kappa shape index (κ2) is 8.68. The van der Waals surface area contributed by atoms with Crippen molar-refractivity contribution in [1.29, 1.82) is 0 Å². The number of hydrogen-bond donors (Lipinski definition) is 2. The molecule has 0 aliphatic heterocycles. The fourth-order valence-corrected chi connectivity index (χ4v) is 2.88. The van der Waals surface area contributed by atoms with Crippen molar-refractivity contribution in [3.05, 3.63) is 59.7 Å². The van der Waals surface area contributed by atoms with E-state index < -0.39 is 21.8 Å². The van der Waals surface area contributed by atoms with Crippen LogP contribution in [-0.4, -0.2) is 32.5 Å². The topological polar surface area (TPSA) is 111 Å². The molecule has 0 spiro atoms. The molecule has 0 aliphatic carbocycles. The molecule has 0 bridgehead atoms. The van der Waals surface area contributed by atoms with Crippen LogP contribution in [0.25, 0.3) is 0 Å².